The van der Waals surface area contributed by atoms with E-state index in [0.717, 1.165) is 0 Å². The fourth-order valence-corrected chi connectivity index (χ4v) is 1.25. The standard InChI is InChI=1S/C6H7ClF3N3O/c7-5-3(2(11)1-14)4(12-13-5)6(8,9)10/h2,14H,1,11H2,(H,12,13). The van der Waals surface area contributed by atoms with Gasteiger partial charge in [-0.25, -0.2) is 0 Å². The third kappa shape index (κ3) is 1.99. The monoisotopic (exact) mass is 229 g/mol. The fourth-order valence-electron chi connectivity index (χ4n) is 0.974. The molecule has 0 amide bonds. The van der Waals surface area contributed by atoms with E-state index >= 15 is 0 Å². The zero-order valence-electron chi connectivity index (χ0n) is 6.77. The molecule has 80 valence electrons. The number of hydrogen-bond donors (Lipinski definition) is 3. The molecule has 0 aromatic carbocycles. The molecule has 0 saturated carbocycles. The molecule has 8 heteroatoms. The summed E-state index contributed by atoms with van der Waals surface area (Å²) in [5, 5.41) is 13.2. The van der Waals surface area contributed by atoms with Gasteiger partial charge < -0.3 is 10.8 Å². The second-order valence-electron chi connectivity index (χ2n) is 2.59. The number of aromatic nitrogens is 2. The average Bonchev–Trinajstić information content (AvgIpc) is 2.45. The van der Waals surface area contributed by atoms with Crippen molar-refractivity contribution in [1.82, 2.24) is 10.2 Å². The number of nitrogens with zero attached hydrogens (tertiary/aromatic N) is 1. The minimum atomic E-state index is -4.61. The largest absolute Gasteiger partial charge is 0.433 e. The molecule has 0 bridgehead atoms. The van der Waals surface area contributed by atoms with E-state index in [1.165, 1.54) is 0 Å². The highest BCUT2D eigenvalue weighted by Gasteiger charge is 2.38. The smallest absolute Gasteiger partial charge is 0.394 e. The van der Waals surface area contributed by atoms with Crippen LogP contribution in [0.3, 0.4) is 0 Å². The van der Waals surface area contributed by atoms with Gasteiger partial charge in [0.15, 0.2) is 5.15 Å². The average molecular weight is 230 g/mol. The second kappa shape index (κ2) is 3.76. The van der Waals surface area contributed by atoms with Gasteiger partial charge in [0.1, 0.15) is 5.69 Å². The predicted molar refractivity (Wildman–Crippen MR) is 42.6 cm³/mol. The van der Waals surface area contributed by atoms with Crippen LogP contribution in [-0.2, 0) is 6.18 Å². The van der Waals surface area contributed by atoms with E-state index in [2.05, 4.69) is 5.10 Å². The fraction of sp³-hybridized carbons (Fsp3) is 0.500. The molecule has 1 atom stereocenters. The molecule has 0 aliphatic rings. The first kappa shape index (κ1) is 11.3. The molecule has 1 rings (SSSR count). The van der Waals surface area contributed by atoms with Gasteiger partial charge in [-0.3, -0.25) is 5.10 Å². The van der Waals surface area contributed by atoms with Crippen LogP contribution in [0.2, 0.25) is 5.15 Å². The van der Waals surface area contributed by atoms with Gasteiger partial charge in [0.25, 0.3) is 0 Å². The minimum Gasteiger partial charge on any atom is -0.394 e. The maximum absolute atomic E-state index is 12.3. The van der Waals surface area contributed by atoms with Gasteiger partial charge in [-0.15, -0.1) is 0 Å². The van der Waals surface area contributed by atoms with Gasteiger partial charge in [0.2, 0.25) is 0 Å². The molecule has 1 aromatic heterocycles. The molecule has 1 heterocycles. The van der Waals surface area contributed by atoms with Crippen molar-refractivity contribution in [3.8, 4) is 0 Å². The lowest BCUT2D eigenvalue weighted by Crippen LogP contribution is -2.19. The Kier molecular flexibility index (Phi) is 3.03. The van der Waals surface area contributed by atoms with Crippen LogP contribution in [-0.4, -0.2) is 21.9 Å². The van der Waals surface area contributed by atoms with E-state index in [-0.39, 0.29) is 5.15 Å². The van der Waals surface area contributed by atoms with Crippen LogP contribution in [0.4, 0.5) is 13.2 Å². The molecular formula is C6H7ClF3N3O. The summed E-state index contributed by atoms with van der Waals surface area (Å²) in [5.74, 6) is 0. The van der Waals surface area contributed by atoms with Crippen LogP contribution in [0.5, 0.6) is 0 Å². The Morgan fingerprint density at radius 2 is 2.14 bits per heavy atom. The van der Waals surface area contributed by atoms with Crippen molar-refractivity contribution in [3.05, 3.63) is 16.4 Å². The lowest BCUT2D eigenvalue weighted by Gasteiger charge is -2.11. The van der Waals surface area contributed by atoms with Gasteiger partial charge in [-0.05, 0) is 0 Å². The Balaban J connectivity index is 3.19. The number of hydrogen-bond acceptors (Lipinski definition) is 3. The van der Waals surface area contributed by atoms with Crippen LogP contribution >= 0.6 is 11.6 Å². The molecule has 0 radical (unpaired) electrons. The summed E-state index contributed by atoms with van der Waals surface area (Å²) in [6.07, 6.45) is -4.61. The maximum atomic E-state index is 12.3. The van der Waals surface area contributed by atoms with Crippen molar-refractivity contribution in [2.24, 2.45) is 5.73 Å². The number of aliphatic hydroxyl groups excluding tert-OH is 1. The normalized spacial score (nSPS) is 14.4. The first-order chi connectivity index (χ1) is 6.38. The highest BCUT2D eigenvalue weighted by Crippen LogP contribution is 2.35. The molecule has 1 aromatic rings. The molecule has 1 unspecified atom stereocenters. The van der Waals surface area contributed by atoms with Gasteiger partial charge in [0.05, 0.1) is 12.6 Å². The van der Waals surface area contributed by atoms with Crippen LogP contribution in [0.15, 0.2) is 0 Å². The zero-order valence-corrected chi connectivity index (χ0v) is 7.52. The van der Waals surface area contributed by atoms with Gasteiger partial charge in [-0.1, -0.05) is 11.6 Å². The number of H-pyrrole nitrogens is 1. The molecule has 0 saturated heterocycles. The number of aliphatic hydroxyl groups is 1. The van der Waals surface area contributed by atoms with E-state index < -0.39 is 30.1 Å². The van der Waals surface area contributed by atoms with Crippen molar-refractivity contribution in [1.29, 1.82) is 0 Å². The van der Waals surface area contributed by atoms with Crippen molar-refractivity contribution >= 4 is 11.6 Å². The van der Waals surface area contributed by atoms with Crippen LogP contribution in [0.1, 0.15) is 17.3 Å². The van der Waals surface area contributed by atoms with E-state index in [9.17, 15) is 13.2 Å². The predicted octanol–water partition coefficient (Wildman–Crippen LogP) is 1.07. The van der Waals surface area contributed by atoms with Gasteiger partial charge >= 0.3 is 6.18 Å². The number of rotatable bonds is 2. The second-order valence-corrected chi connectivity index (χ2v) is 2.95. The van der Waals surface area contributed by atoms with Gasteiger partial charge in [-0.2, -0.15) is 18.3 Å². The van der Waals surface area contributed by atoms with Crippen molar-refractivity contribution in [2.45, 2.75) is 12.2 Å². The van der Waals surface area contributed by atoms with E-state index in [0.29, 0.717) is 0 Å². The zero-order chi connectivity index (χ0) is 10.9. The summed E-state index contributed by atoms with van der Waals surface area (Å²) in [4.78, 5) is 0. The Morgan fingerprint density at radius 1 is 1.57 bits per heavy atom. The summed E-state index contributed by atoms with van der Waals surface area (Å²) in [7, 11) is 0. The Bertz CT molecular complexity index is 325. The Hall–Kier alpha value is -0.790. The molecule has 0 spiro atoms. The molecular weight excluding hydrogens is 223 g/mol. The molecule has 4 nitrogen and oxygen atoms in total. The van der Waals surface area contributed by atoms with Crippen molar-refractivity contribution < 1.29 is 18.3 Å². The number of nitrogens with two attached hydrogens (primary N) is 1. The van der Waals surface area contributed by atoms with E-state index in [1.807, 2.05) is 0 Å². The van der Waals surface area contributed by atoms with Crippen molar-refractivity contribution in [3.63, 3.8) is 0 Å². The third-order valence-corrected chi connectivity index (χ3v) is 1.90. The number of nitrogens with one attached hydrogen (secondary N) is 1. The van der Waals surface area contributed by atoms with Crippen LogP contribution < -0.4 is 5.73 Å². The summed E-state index contributed by atoms with van der Waals surface area (Å²) in [5.41, 5.74) is 3.71. The molecule has 0 fully saturated rings. The maximum Gasteiger partial charge on any atom is 0.433 e. The lowest BCUT2D eigenvalue weighted by atomic mass is 10.1. The third-order valence-electron chi connectivity index (χ3n) is 1.61. The highest BCUT2D eigenvalue weighted by molar-refractivity contribution is 6.30. The van der Waals surface area contributed by atoms with E-state index in [4.69, 9.17) is 22.4 Å². The molecule has 0 aliphatic carbocycles. The topological polar surface area (TPSA) is 74.9 Å². The summed E-state index contributed by atoms with van der Waals surface area (Å²) in [6, 6.07) is -1.20. The highest BCUT2D eigenvalue weighted by atomic mass is 35.5. The minimum absolute atomic E-state index is 0.376. The Morgan fingerprint density at radius 3 is 2.57 bits per heavy atom. The van der Waals surface area contributed by atoms with Crippen LogP contribution in [0.25, 0.3) is 0 Å². The summed E-state index contributed by atoms with van der Waals surface area (Å²) < 4.78 is 36.9. The number of alkyl halides is 3. The first-order valence-electron chi connectivity index (χ1n) is 3.55. The summed E-state index contributed by atoms with van der Waals surface area (Å²) in [6.45, 7) is -0.637. The Labute approximate surface area is 81.9 Å². The van der Waals surface area contributed by atoms with E-state index in [1.54, 1.807) is 5.10 Å². The molecule has 4 N–H and O–H groups in total. The molecule has 14 heavy (non-hydrogen) atoms. The first-order valence-corrected chi connectivity index (χ1v) is 3.93. The molecule has 0 aliphatic heterocycles. The van der Waals surface area contributed by atoms with Crippen LogP contribution in [0, 0.1) is 0 Å². The summed E-state index contributed by atoms with van der Waals surface area (Å²) >= 11 is 5.39. The lowest BCUT2D eigenvalue weighted by molar-refractivity contribution is -0.142. The van der Waals surface area contributed by atoms with Gasteiger partial charge in [0, 0.05) is 5.56 Å². The SMILES string of the molecule is NC(CO)c1c(Cl)n[nH]c1C(F)(F)F. The quantitative estimate of drug-likeness (QED) is 0.710. The number of halogens is 4. The number of aromatic amines is 1. The van der Waals surface area contributed by atoms with Crippen molar-refractivity contribution in [2.75, 3.05) is 6.61 Å².